The zero-order chi connectivity index (χ0) is 31.5. The van der Waals surface area contributed by atoms with Crippen LogP contribution in [0.5, 0.6) is 5.88 Å². The number of sulfonamides is 1. The summed E-state index contributed by atoms with van der Waals surface area (Å²) < 4.78 is 160. The summed E-state index contributed by atoms with van der Waals surface area (Å²) in [5, 5.41) is 0. The zero-order valence-electron chi connectivity index (χ0n) is 22.1. The van der Waals surface area contributed by atoms with Crippen molar-refractivity contribution >= 4 is 25.7 Å². The van der Waals surface area contributed by atoms with Gasteiger partial charge in [0.1, 0.15) is 21.1 Å². The number of aromatic nitrogens is 2. The van der Waals surface area contributed by atoms with Gasteiger partial charge in [0, 0.05) is 24.4 Å². The van der Waals surface area contributed by atoms with Crippen molar-refractivity contribution in [2.75, 3.05) is 18.9 Å². The van der Waals surface area contributed by atoms with Gasteiger partial charge in [-0.15, -0.1) is 0 Å². The highest BCUT2D eigenvalue weighted by Gasteiger charge is 2.50. The first kappa shape index (κ1) is 31.7. The van der Waals surface area contributed by atoms with Crippen molar-refractivity contribution in [3.05, 3.63) is 59.0 Å². The van der Waals surface area contributed by atoms with E-state index in [0.717, 1.165) is 7.11 Å². The van der Waals surface area contributed by atoms with Crippen molar-refractivity contribution in [3.63, 3.8) is 0 Å². The maximum Gasteiger partial charge on any atom is 0.436 e. The fraction of sp³-hybridized carbons (Fsp3) is 0.458. The number of ether oxygens (including phenoxy) is 2. The van der Waals surface area contributed by atoms with E-state index in [9.17, 15) is 47.6 Å². The van der Waals surface area contributed by atoms with Gasteiger partial charge in [0.2, 0.25) is 5.88 Å². The number of halogens is 7. The highest BCUT2D eigenvalue weighted by Crippen LogP contribution is 2.44. The van der Waals surface area contributed by atoms with E-state index in [4.69, 9.17) is 9.47 Å². The Labute approximate surface area is 236 Å². The fourth-order valence-corrected chi connectivity index (χ4v) is 8.22. The van der Waals surface area contributed by atoms with E-state index in [0.29, 0.717) is 10.2 Å². The third-order valence-electron chi connectivity index (χ3n) is 7.19. The molecule has 0 bridgehead atoms. The first-order chi connectivity index (χ1) is 19.3. The normalized spacial score (nSPS) is 21.5. The number of alkyl halides is 6. The molecule has 0 fully saturated rings. The van der Waals surface area contributed by atoms with Crippen LogP contribution in [0.3, 0.4) is 0 Å². The lowest BCUT2D eigenvalue weighted by Crippen LogP contribution is -2.43. The Bertz CT molecular complexity index is 1680. The number of pyridine rings is 1. The third-order valence-corrected chi connectivity index (χ3v) is 11.0. The Morgan fingerprint density at radius 2 is 1.76 bits per heavy atom. The summed E-state index contributed by atoms with van der Waals surface area (Å²) in [6.07, 6.45) is -7.05. The molecule has 18 heteroatoms. The lowest BCUT2D eigenvalue weighted by atomic mass is 9.87. The molecule has 2 heterocycles. The lowest BCUT2D eigenvalue weighted by Gasteiger charge is -2.33. The van der Waals surface area contributed by atoms with Crippen LogP contribution in [-0.4, -0.2) is 50.9 Å². The largest absolute Gasteiger partial charge is 0.499 e. The van der Waals surface area contributed by atoms with Crippen molar-refractivity contribution in [2.45, 2.75) is 54.6 Å². The number of fused-ring (bicyclic) bond motifs is 1. The maximum absolute atomic E-state index is 14.3. The molecule has 0 saturated heterocycles. The first-order valence-electron chi connectivity index (χ1n) is 12.1. The first-order valence-corrected chi connectivity index (χ1v) is 15.0. The van der Waals surface area contributed by atoms with Crippen molar-refractivity contribution in [1.82, 2.24) is 8.96 Å². The maximum atomic E-state index is 14.3. The second-order valence-electron chi connectivity index (χ2n) is 9.78. The molecule has 0 spiro atoms. The van der Waals surface area contributed by atoms with E-state index in [1.807, 2.05) is 4.72 Å². The Kier molecular flexibility index (Phi) is 7.89. The SMILES string of the molecule is COC1=CC=CCC1(C)S(=O)(=O)n1cc(S(=O)(=O)Nc2cc(F)c(C(F)(F)F)nc2OC)c2c1CC(C(F)(F)F)CC2. The molecule has 2 aliphatic rings. The summed E-state index contributed by atoms with van der Waals surface area (Å²) in [4.78, 5) is 2.23. The third kappa shape index (κ3) is 5.33. The predicted molar refractivity (Wildman–Crippen MR) is 134 cm³/mol. The number of hydrogen-bond donors (Lipinski definition) is 1. The van der Waals surface area contributed by atoms with Crippen molar-refractivity contribution in [1.29, 1.82) is 0 Å². The van der Waals surface area contributed by atoms with Gasteiger partial charge in [-0.05, 0) is 37.8 Å². The standard InChI is InChI=1S/C24H24F7N3O6S2/c1-22(9-5-4-6-19(22)39-2)42(37,38)34-12-18(14-8-7-13(10-17(14)34)23(26,27)28)41(35,36)33-16-11-15(25)20(24(29,30)31)32-21(16)40-3/h4-6,11-13,33H,7-10H2,1-3H3. The molecule has 42 heavy (non-hydrogen) atoms. The second kappa shape index (κ2) is 10.5. The van der Waals surface area contributed by atoms with E-state index < -0.39 is 96.0 Å². The summed E-state index contributed by atoms with van der Waals surface area (Å²) in [6, 6.07) is 0.178. The van der Waals surface area contributed by atoms with Crippen LogP contribution in [0.2, 0.25) is 0 Å². The van der Waals surface area contributed by atoms with Gasteiger partial charge in [-0.2, -0.15) is 26.3 Å². The molecule has 2 aromatic rings. The van der Waals surface area contributed by atoms with Crippen LogP contribution < -0.4 is 9.46 Å². The minimum Gasteiger partial charge on any atom is -0.499 e. The topological polar surface area (TPSA) is 117 Å². The quantitative estimate of drug-likeness (QED) is 0.423. The summed E-state index contributed by atoms with van der Waals surface area (Å²) >= 11 is 0. The number of rotatable bonds is 7. The van der Waals surface area contributed by atoms with Crippen LogP contribution in [0.25, 0.3) is 0 Å². The molecule has 2 aliphatic carbocycles. The number of hydrogen-bond acceptors (Lipinski definition) is 7. The average Bonchev–Trinajstić information content (AvgIpc) is 3.28. The number of nitrogens with one attached hydrogen (secondary N) is 1. The molecule has 2 atom stereocenters. The minimum absolute atomic E-state index is 0.0470. The molecule has 0 aromatic carbocycles. The molecule has 9 nitrogen and oxygen atoms in total. The van der Waals surface area contributed by atoms with E-state index >= 15 is 0 Å². The summed E-state index contributed by atoms with van der Waals surface area (Å²) in [6.45, 7) is 1.27. The van der Waals surface area contributed by atoms with Gasteiger partial charge in [0.05, 0.1) is 20.1 Å². The number of allylic oxidation sites excluding steroid dienone is 3. The Balaban J connectivity index is 1.89. The van der Waals surface area contributed by atoms with Crippen LogP contribution >= 0.6 is 0 Å². The molecule has 0 aliphatic heterocycles. The molecular weight excluding hydrogens is 623 g/mol. The fourth-order valence-electron chi connectivity index (χ4n) is 4.96. The van der Waals surface area contributed by atoms with Gasteiger partial charge >= 0.3 is 12.4 Å². The van der Waals surface area contributed by atoms with Gasteiger partial charge in [-0.1, -0.05) is 12.2 Å². The number of anilines is 1. The Morgan fingerprint density at radius 3 is 2.33 bits per heavy atom. The van der Waals surface area contributed by atoms with Gasteiger partial charge in [0.15, 0.2) is 11.5 Å². The Morgan fingerprint density at radius 1 is 1.10 bits per heavy atom. The number of methoxy groups -OCH3 is 2. The average molecular weight is 648 g/mol. The van der Waals surface area contributed by atoms with E-state index in [-0.39, 0.29) is 23.8 Å². The van der Waals surface area contributed by atoms with Crippen LogP contribution in [0.15, 0.2) is 41.1 Å². The lowest BCUT2D eigenvalue weighted by molar-refractivity contribution is -0.177. The van der Waals surface area contributed by atoms with Gasteiger partial charge in [0.25, 0.3) is 20.0 Å². The van der Waals surface area contributed by atoms with Crippen LogP contribution in [0, 0.1) is 11.7 Å². The van der Waals surface area contributed by atoms with Crippen LogP contribution in [-0.2, 0) is 43.8 Å². The highest BCUT2D eigenvalue weighted by molar-refractivity contribution is 7.93. The summed E-state index contributed by atoms with van der Waals surface area (Å²) in [7, 11) is -7.61. The highest BCUT2D eigenvalue weighted by atomic mass is 32.2. The molecule has 0 saturated carbocycles. The smallest absolute Gasteiger partial charge is 0.436 e. The molecule has 2 unspecified atom stereocenters. The second-order valence-corrected chi connectivity index (χ2v) is 13.7. The van der Waals surface area contributed by atoms with Crippen molar-refractivity contribution < 1.29 is 57.0 Å². The molecule has 232 valence electrons. The monoisotopic (exact) mass is 647 g/mol. The molecule has 1 N–H and O–H groups in total. The molecule has 4 rings (SSSR count). The minimum atomic E-state index is -5.24. The predicted octanol–water partition coefficient (Wildman–Crippen LogP) is 4.94. The zero-order valence-corrected chi connectivity index (χ0v) is 23.7. The van der Waals surface area contributed by atoms with Crippen LogP contribution in [0.4, 0.5) is 36.4 Å². The van der Waals surface area contributed by atoms with Gasteiger partial charge < -0.3 is 9.47 Å². The van der Waals surface area contributed by atoms with E-state index in [1.54, 1.807) is 0 Å². The summed E-state index contributed by atoms with van der Waals surface area (Å²) in [5.74, 6) is -4.92. The Hall–Kier alpha value is -3.28. The molecule has 0 amide bonds. The van der Waals surface area contributed by atoms with Crippen molar-refractivity contribution in [2.24, 2.45) is 5.92 Å². The molecule has 2 aromatic heterocycles. The van der Waals surface area contributed by atoms with Gasteiger partial charge in [-0.3, -0.25) is 4.72 Å². The van der Waals surface area contributed by atoms with E-state index in [1.165, 1.54) is 32.3 Å². The summed E-state index contributed by atoms with van der Waals surface area (Å²) in [5.41, 5.74) is -3.51. The number of nitrogens with zero attached hydrogens (tertiary/aromatic N) is 2. The van der Waals surface area contributed by atoms with E-state index in [2.05, 4.69) is 4.98 Å². The molecular formula is C24H24F7N3O6S2. The molecule has 0 radical (unpaired) electrons. The van der Waals surface area contributed by atoms with Crippen LogP contribution in [0.1, 0.15) is 36.7 Å². The van der Waals surface area contributed by atoms with Crippen molar-refractivity contribution in [3.8, 4) is 5.88 Å². The van der Waals surface area contributed by atoms with Gasteiger partial charge in [-0.25, -0.2) is 30.2 Å².